The fourth-order valence-corrected chi connectivity index (χ4v) is 3.12. The number of esters is 1. The molecule has 1 aromatic carbocycles. The van der Waals surface area contributed by atoms with E-state index in [1.807, 2.05) is 45.0 Å². The van der Waals surface area contributed by atoms with Crippen molar-refractivity contribution in [2.24, 2.45) is 17.8 Å². The number of hydrogen-bond acceptors (Lipinski definition) is 3. The van der Waals surface area contributed by atoms with Crippen molar-refractivity contribution in [2.45, 2.75) is 26.7 Å². The molecule has 1 aliphatic rings. The highest BCUT2D eigenvalue weighted by Crippen LogP contribution is 2.35. The molecule has 0 N–H and O–H groups in total. The zero-order valence-electron chi connectivity index (χ0n) is 14.1. The average Bonchev–Trinajstić information content (AvgIpc) is 2.98. The first-order valence-electron chi connectivity index (χ1n) is 7.97. The van der Waals surface area contributed by atoms with Crippen LogP contribution in [0.2, 0.25) is 5.02 Å². The van der Waals surface area contributed by atoms with Crippen molar-refractivity contribution >= 4 is 23.5 Å². The molecule has 0 spiro atoms. The Bertz CT molecular complexity index is 570. The number of hydrogen-bond donors (Lipinski definition) is 0. The zero-order chi connectivity index (χ0) is 17.1. The van der Waals surface area contributed by atoms with Crippen molar-refractivity contribution in [1.82, 2.24) is 4.90 Å². The van der Waals surface area contributed by atoms with Gasteiger partial charge in [-0.05, 0) is 23.6 Å². The summed E-state index contributed by atoms with van der Waals surface area (Å²) in [5.41, 5.74) is 1.01. The molecule has 5 heteroatoms. The van der Waals surface area contributed by atoms with Gasteiger partial charge in [0.1, 0.15) is 0 Å². The van der Waals surface area contributed by atoms with Gasteiger partial charge >= 0.3 is 5.97 Å². The van der Waals surface area contributed by atoms with E-state index in [0.717, 1.165) is 5.56 Å². The van der Waals surface area contributed by atoms with Crippen molar-refractivity contribution < 1.29 is 14.3 Å². The van der Waals surface area contributed by atoms with Crippen LogP contribution in [0.1, 0.15) is 32.3 Å². The zero-order valence-corrected chi connectivity index (χ0v) is 14.8. The van der Waals surface area contributed by atoms with Gasteiger partial charge in [-0.15, -0.1) is 0 Å². The lowest BCUT2D eigenvalue weighted by atomic mass is 9.89. The van der Waals surface area contributed by atoms with Gasteiger partial charge in [-0.25, -0.2) is 0 Å². The predicted octanol–water partition coefficient (Wildman–Crippen LogP) is 3.35. The molecule has 1 fully saturated rings. The lowest BCUT2D eigenvalue weighted by Crippen LogP contribution is -2.36. The van der Waals surface area contributed by atoms with E-state index >= 15 is 0 Å². The number of rotatable bonds is 4. The maximum absolute atomic E-state index is 12.6. The topological polar surface area (TPSA) is 46.6 Å². The maximum Gasteiger partial charge on any atom is 0.311 e. The van der Waals surface area contributed by atoms with E-state index in [0.29, 0.717) is 18.1 Å². The summed E-state index contributed by atoms with van der Waals surface area (Å²) in [6.07, 6.45) is 0. The van der Waals surface area contributed by atoms with E-state index in [2.05, 4.69) is 0 Å². The summed E-state index contributed by atoms with van der Waals surface area (Å²) in [6.45, 7) is 6.96. The van der Waals surface area contributed by atoms with Crippen LogP contribution in [-0.4, -0.2) is 37.0 Å². The third kappa shape index (κ3) is 3.86. The molecule has 1 amide bonds. The number of ether oxygens (including phenoxy) is 1. The van der Waals surface area contributed by atoms with Crippen LogP contribution in [0.15, 0.2) is 24.3 Å². The molecule has 0 saturated carbocycles. The number of nitrogens with zero attached hydrogens (tertiary/aromatic N) is 1. The van der Waals surface area contributed by atoms with Crippen LogP contribution in [0.25, 0.3) is 0 Å². The van der Waals surface area contributed by atoms with Crippen LogP contribution in [0.5, 0.6) is 0 Å². The van der Waals surface area contributed by atoms with Crippen molar-refractivity contribution in [3.05, 3.63) is 34.9 Å². The first-order valence-corrected chi connectivity index (χ1v) is 8.35. The van der Waals surface area contributed by atoms with E-state index < -0.39 is 0 Å². The lowest BCUT2D eigenvalue weighted by molar-refractivity contribution is -0.145. The first kappa shape index (κ1) is 17.8. The summed E-state index contributed by atoms with van der Waals surface area (Å²) in [6, 6.07) is 7.46. The minimum atomic E-state index is -0.329. The van der Waals surface area contributed by atoms with Crippen LogP contribution in [-0.2, 0) is 14.3 Å². The number of halogens is 1. The van der Waals surface area contributed by atoms with Gasteiger partial charge in [-0.3, -0.25) is 9.59 Å². The Morgan fingerprint density at radius 3 is 2.30 bits per heavy atom. The van der Waals surface area contributed by atoms with Gasteiger partial charge in [0.2, 0.25) is 5.91 Å². The lowest BCUT2D eigenvalue weighted by Gasteiger charge is -2.23. The number of methoxy groups -OCH3 is 1. The molecular weight excluding hydrogens is 314 g/mol. The Morgan fingerprint density at radius 2 is 1.78 bits per heavy atom. The van der Waals surface area contributed by atoms with Gasteiger partial charge in [0.15, 0.2) is 0 Å². The first-order chi connectivity index (χ1) is 10.8. The fourth-order valence-electron chi connectivity index (χ4n) is 2.99. The van der Waals surface area contributed by atoms with Gasteiger partial charge in [0.05, 0.1) is 13.0 Å². The second-order valence-corrected chi connectivity index (χ2v) is 7.00. The van der Waals surface area contributed by atoms with Gasteiger partial charge in [0.25, 0.3) is 0 Å². The average molecular weight is 338 g/mol. The van der Waals surface area contributed by atoms with Crippen LogP contribution < -0.4 is 0 Å². The molecule has 3 atom stereocenters. The van der Waals surface area contributed by atoms with Crippen LogP contribution >= 0.6 is 11.6 Å². The highest BCUT2D eigenvalue weighted by Gasteiger charge is 2.42. The quantitative estimate of drug-likeness (QED) is 0.791. The minimum Gasteiger partial charge on any atom is -0.469 e. The smallest absolute Gasteiger partial charge is 0.311 e. The normalized spacial score (nSPS) is 22.3. The van der Waals surface area contributed by atoms with Crippen LogP contribution in [0, 0.1) is 17.8 Å². The van der Waals surface area contributed by atoms with Crippen molar-refractivity contribution in [3.8, 4) is 0 Å². The third-order valence-electron chi connectivity index (χ3n) is 4.82. The van der Waals surface area contributed by atoms with Crippen molar-refractivity contribution in [1.29, 1.82) is 0 Å². The molecule has 1 heterocycles. The van der Waals surface area contributed by atoms with Gasteiger partial charge in [-0.2, -0.15) is 0 Å². The second kappa shape index (κ2) is 7.35. The van der Waals surface area contributed by atoms with E-state index in [1.165, 1.54) is 7.11 Å². The number of carbonyl (C=O) groups is 2. The Morgan fingerprint density at radius 1 is 1.17 bits per heavy atom. The number of likely N-dealkylation sites (tertiary alicyclic amines) is 1. The van der Waals surface area contributed by atoms with Crippen molar-refractivity contribution in [2.75, 3.05) is 20.2 Å². The van der Waals surface area contributed by atoms with Crippen molar-refractivity contribution in [3.63, 3.8) is 0 Å². The van der Waals surface area contributed by atoms with E-state index in [-0.39, 0.29) is 35.5 Å². The predicted molar refractivity (Wildman–Crippen MR) is 90.3 cm³/mol. The molecule has 2 rings (SSSR count). The molecule has 1 aromatic rings. The summed E-state index contributed by atoms with van der Waals surface area (Å²) >= 11 is 5.94. The molecule has 1 aliphatic heterocycles. The molecule has 1 saturated heterocycles. The number of amides is 1. The number of carbonyl (C=O) groups excluding carboxylic acids is 2. The summed E-state index contributed by atoms with van der Waals surface area (Å²) in [5, 5.41) is 0.655. The molecule has 0 aromatic heterocycles. The summed E-state index contributed by atoms with van der Waals surface area (Å²) in [7, 11) is 1.39. The molecule has 0 aliphatic carbocycles. The third-order valence-corrected chi connectivity index (χ3v) is 5.08. The summed E-state index contributed by atoms with van der Waals surface area (Å²) < 4.78 is 4.94. The summed E-state index contributed by atoms with van der Waals surface area (Å²) in [5.74, 6) is -0.332. The molecule has 126 valence electrons. The Balaban J connectivity index is 2.24. The monoisotopic (exact) mass is 337 g/mol. The van der Waals surface area contributed by atoms with Gasteiger partial charge in [-0.1, -0.05) is 44.5 Å². The molecule has 0 bridgehead atoms. The van der Waals surface area contributed by atoms with E-state index in [1.54, 1.807) is 4.90 Å². The van der Waals surface area contributed by atoms with Crippen LogP contribution in [0.3, 0.4) is 0 Å². The van der Waals surface area contributed by atoms with Gasteiger partial charge in [0, 0.05) is 29.9 Å². The Hall–Kier alpha value is -1.55. The maximum atomic E-state index is 12.6. The fraction of sp³-hybridized carbons (Fsp3) is 0.556. The second-order valence-electron chi connectivity index (χ2n) is 6.56. The number of benzene rings is 1. The molecule has 23 heavy (non-hydrogen) atoms. The Labute approximate surface area is 142 Å². The van der Waals surface area contributed by atoms with E-state index in [9.17, 15) is 9.59 Å². The van der Waals surface area contributed by atoms with Gasteiger partial charge < -0.3 is 9.64 Å². The minimum absolute atomic E-state index is 0.0528. The molecule has 0 unspecified atom stereocenters. The van der Waals surface area contributed by atoms with Crippen LogP contribution in [0.4, 0.5) is 0 Å². The largest absolute Gasteiger partial charge is 0.469 e. The molecular formula is C18H24ClNO3. The standard InChI is InChI=1S/C18H24ClNO3/c1-11(2)12(3)17(21)20-9-15(16(10-20)18(22)23-4)13-5-7-14(19)8-6-13/h5-8,11-12,15-16H,9-10H2,1-4H3/t12-,15-,16+/m0/s1. The highest BCUT2D eigenvalue weighted by molar-refractivity contribution is 6.30. The SMILES string of the molecule is COC(=O)[C@@H]1CN(C(=O)[C@@H](C)C(C)C)C[C@H]1c1ccc(Cl)cc1. The summed E-state index contributed by atoms with van der Waals surface area (Å²) in [4.78, 5) is 26.6. The molecule has 0 radical (unpaired) electrons. The molecule has 4 nitrogen and oxygen atoms in total. The van der Waals surface area contributed by atoms with E-state index in [4.69, 9.17) is 16.3 Å². The Kier molecular flexibility index (Phi) is 5.69. The highest BCUT2D eigenvalue weighted by atomic mass is 35.5.